The number of hydrogen-bond donors (Lipinski definition) is 3. The average Bonchev–Trinajstić information content (AvgIpc) is 3.02. The zero-order valence-electron chi connectivity index (χ0n) is 18.4. The van der Waals surface area contributed by atoms with Crippen LogP contribution in [0, 0.1) is 12.7 Å². The van der Waals surface area contributed by atoms with Crippen molar-refractivity contribution in [2.45, 2.75) is 32.5 Å². The van der Waals surface area contributed by atoms with E-state index in [-0.39, 0.29) is 40.7 Å². The lowest BCUT2D eigenvalue weighted by atomic mass is 9.96. The van der Waals surface area contributed by atoms with Gasteiger partial charge in [-0.05, 0) is 49.7 Å². The number of rotatable bonds is 7. The number of aromatic nitrogens is 1. The molecule has 1 atom stereocenters. The smallest absolute Gasteiger partial charge is 0.505 e. The summed E-state index contributed by atoms with van der Waals surface area (Å²) in [4.78, 5) is 36.6. The van der Waals surface area contributed by atoms with Crippen molar-refractivity contribution in [2.75, 3.05) is 6.54 Å². The number of nitrogens with zero attached hydrogens (tertiary/aromatic N) is 1. The number of aromatic hydroxyl groups is 1. The summed E-state index contributed by atoms with van der Waals surface area (Å²) in [7, 11) is 0. The van der Waals surface area contributed by atoms with E-state index in [1.807, 2.05) is 0 Å². The van der Waals surface area contributed by atoms with Gasteiger partial charge in [0.2, 0.25) is 5.91 Å². The number of aliphatic carboxylic acids is 1. The number of carbonyl (C=O) groups excluding carboxylic acids is 2. The lowest BCUT2D eigenvalue weighted by Gasteiger charge is -2.14. The van der Waals surface area contributed by atoms with Gasteiger partial charge in [-0.1, -0.05) is 0 Å². The third-order valence-electron chi connectivity index (χ3n) is 5.32. The van der Waals surface area contributed by atoms with Crippen molar-refractivity contribution in [1.29, 1.82) is 0 Å². The Morgan fingerprint density at radius 3 is 2.34 bits per heavy atom. The molecule has 0 unspecified atom stereocenters. The third kappa shape index (κ3) is 5.53. The molecule has 3 N–H and O–H groups in total. The van der Waals surface area contributed by atoms with Gasteiger partial charge in [0.1, 0.15) is 5.75 Å². The number of carboxylic acid groups (broad SMARTS) is 1. The maximum Gasteiger partial charge on any atom is 0.573 e. The average molecular weight is 496 g/mol. The standard InChI is InChI=1S/C23H20F4N2O6/c1-11(21(33)28-8-7-19(31)32)20-12(2)29(17-10-16(24)18(30)9-15(17)20)22(34)13-3-5-14(6-4-13)35-23(25,26)27/h3-6,9-11,30H,7-8H2,1-2H3,(H,28,33)(H,31,32)/t11-/m0/s1. The van der Waals surface area contributed by atoms with Gasteiger partial charge in [-0.15, -0.1) is 13.2 Å². The van der Waals surface area contributed by atoms with Gasteiger partial charge >= 0.3 is 12.3 Å². The number of hydrogen-bond acceptors (Lipinski definition) is 5. The van der Waals surface area contributed by atoms with Crippen LogP contribution in [-0.4, -0.2) is 45.5 Å². The molecular formula is C23H20F4N2O6. The fourth-order valence-corrected chi connectivity index (χ4v) is 3.76. The second-order valence-corrected chi connectivity index (χ2v) is 7.69. The van der Waals surface area contributed by atoms with Crippen LogP contribution in [0.2, 0.25) is 0 Å². The monoisotopic (exact) mass is 496 g/mol. The van der Waals surface area contributed by atoms with Crippen LogP contribution >= 0.6 is 0 Å². The van der Waals surface area contributed by atoms with Crippen molar-refractivity contribution in [3.63, 3.8) is 0 Å². The molecule has 0 fully saturated rings. The highest BCUT2D eigenvalue weighted by Gasteiger charge is 2.31. The number of amides is 1. The number of halogens is 4. The summed E-state index contributed by atoms with van der Waals surface area (Å²) in [5.41, 5.74) is 0.497. The largest absolute Gasteiger partial charge is 0.573 e. The molecule has 1 amide bonds. The highest BCUT2D eigenvalue weighted by Crippen LogP contribution is 2.36. The molecule has 1 aromatic heterocycles. The van der Waals surface area contributed by atoms with E-state index in [1.54, 1.807) is 0 Å². The predicted molar refractivity (Wildman–Crippen MR) is 115 cm³/mol. The van der Waals surface area contributed by atoms with E-state index < -0.39 is 47.4 Å². The first-order valence-electron chi connectivity index (χ1n) is 10.2. The van der Waals surface area contributed by atoms with Crippen LogP contribution in [0.3, 0.4) is 0 Å². The molecule has 186 valence electrons. The molecule has 0 radical (unpaired) electrons. The van der Waals surface area contributed by atoms with E-state index in [1.165, 1.54) is 13.8 Å². The van der Waals surface area contributed by atoms with Gasteiger partial charge in [0.05, 0.1) is 17.9 Å². The SMILES string of the molecule is Cc1c([C@H](C)C(=O)NCCC(=O)O)c2cc(O)c(F)cc2n1C(=O)c1ccc(OC(F)(F)F)cc1. The van der Waals surface area contributed by atoms with Gasteiger partial charge in [-0.3, -0.25) is 19.0 Å². The molecule has 3 rings (SSSR count). The summed E-state index contributed by atoms with van der Waals surface area (Å²) in [6.45, 7) is 2.85. The Balaban J connectivity index is 2.05. The Bertz CT molecular complexity index is 1300. The van der Waals surface area contributed by atoms with E-state index in [0.717, 1.165) is 41.0 Å². The van der Waals surface area contributed by atoms with Crippen LogP contribution in [0.25, 0.3) is 10.9 Å². The summed E-state index contributed by atoms with van der Waals surface area (Å²) in [5, 5.41) is 21.3. The Kier molecular flexibility index (Phi) is 7.04. The minimum Gasteiger partial charge on any atom is -0.505 e. The summed E-state index contributed by atoms with van der Waals surface area (Å²) >= 11 is 0. The van der Waals surface area contributed by atoms with Gasteiger partial charge in [0, 0.05) is 29.3 Å². The topological polar surface area (TPSA) is 118 Å². The number of carboxylic acids is 1. The molecule has 0 aliphatic heterocycles. The number of carbonyl (C=O) groups is 3. The van der Waals surface area contributed by atoms with Crippen molar-refractivity contribution in [3.8, 4) is 11.5 Å². The van der Waals surface area contributed by atoms with Gasteiger partial charge in [0.15, 0.2) is 11.6 Å². The normalized spacial score (nSPS) is 12.4. The maximum atomic E-state index is 14.2. The number of fused-ring (bicyclic) bond motifs is 1. The fourth-order valence-electron chi connectivity index (χ4n) is 3.76. The number of alkyl halides is 3. The number of benzene rings is 2. The van der Waals surface area contributed by atoms with Gasteiger partial charge in [-0.25, -0.2) is 4.39 Å². The van der Waals surface area contributed by atoms with E-state index in [2.05, 4.69) is 10.1 Å². The number of phenols is 1. The molecule has 0 bridgehead atoms. The second-order valence-electron chi connectivity index (χ2n) is 7.69. The zero-order chi connectivity index (χ0) is 26.1. The quantitative estimate of drug-likeness (QED) is 0.425. The van der Waals surface area contributed by atoms with Crippen LogP contribution in [0.1, 0.15) is 40.9 Å². The van der Waals surface area contributed by atoms with Crippen molar-refractivity contribution >= 4 is 28.7 Å². The molecule has 0 saturated heterocycles. The minimum absolute atomic E-state index is 0.0265. The number of nitrogens with one attached hydrogen (secondary N) is 1. The molecule has 2 aromatic carbocycles. The van der Waals surface area contributed by atoms with Crippen molar-refractivity contribution < 1.29 is 46.9 Å². The Labute approximate surface area is 195 Å². The molecule has 0 aliphatic rings. The van der Waals surface area contributed by atoms with Crippen LogP contribution in [0.15, 0.2) is 36.4 Å². The summed E-state index contributed by atoms with van der Waals surface area (Å²) in [5.74, 6) is -5.58. The Morgan fingerprint density at radius 1 is 1.14 bits per heavy atom. The lowest BCUT2D eigenvalue weighted by molar-refractivity contribution is -0.274. The van der Waals surface area contributed by atoms with Crippen molar-refractivity contribution in [1.82, 2.24) is 9.88 Å². The van der Waals surface area contributed by atoms with E-state index >= 15 is 0 Å². The van der Waals surface area contributed by atoms with E-state index in [4.69, 9.17) is 5.11 Å². The molecule has 12 heteroatoms. The molecule has 0 spiro atoms. The highest BCUT2D eigenvalue weighted by atomic mass is 19.4. The van der Waals surface area contributed by atoms with Crippen LogP contribution in [0.4, 0.5) is 17.6 Å². The summed E-state index contributed by atoms with van der Waals surface area (Å²) < 4.78 is 56.3. The van der Waals surface area contributed by atoms with Crippen LogP contribution in [0.5, 0.6) is 11.5 Å². The maximum absolute atomic E-state index is 14.2. The first-order valence-corrected chi connectivity index (χ1v) is 10.2. The van der Waals surface area contributed by atoms with Crippen LogP contribution in [-0.2, 0) is 9.59 Å². The van der Waals surface area contributed by atoms with Gasteiger partial charge in [-0.2, -0.15) is 0 Å². The molecular weight excluding hydrogens is 476 g/mol. The Morgan fingerprint density at radius 2 is 1.77 bits per heavy atom. The third-order valence-corrected chi connectivity index (χ3v) is 5.32. The van der Waals surface area contributed by atoms with Crippen molar-refractivity contribution in [3.05, 3.63) is 59.0 Å². The lowest BCUT2D eigenvalue weighted by Crippen LogP contribution is -2.30. The van der Waals surface area contributed by atoms with Crippen LogP contribution < -0.4 is 10.1 Å². The van der Waals surface area contributed by atoms with Gasteiger partial charge in [0.25, 0.3) is 5.91 Å². The predicted octanol–water partition coefficient (Wildman–Crippen LogP) is 4.08. The highest BCUT2D eigenvalue weighted by molar-refractivity contribution is 6.05. The number of phenolic OH excluding ortho intramolecular Hbond substituents is 1. The second kappa shape index (κ2) is 9.65. The molecule has 8 nitrogen and oxygen atoms in total. The summed E-state index contributed by atoms with van der Waals surface area (Å²) in [6, 6.07) is 6.09. The fraction of sp³-hybridized carbons (Fsp3) is 0.261. The zero-order valence-corrected chi connectivity index (χ0v) is 18.4. The van der Waals surface area contributed by atoms with E-state index in [9.17, 15) is 37.1 Å². The molecule has 0 aliphatic carbocycles. The molecule has 3 aromatic rings. The minimum atomic E-state index is -4.91. The molecule has 35 heavy (non-hydrogen) atoms. The summed E-state index contributed by atoms with van der Waals surface area (Å²) in [6.07, 6.45) is -5.22. The molecule has 1 heterocycles. The van der Waals surface area contributed by atoms with E-state index in [0.29, 0.717) is 0 Å². The first-order chi connectivity index (χ1) is 16.3. The first kappa shape index (κ1) is 25.5. The Hall–Kier alpha value is -4.09. The number of ether oxygens (including phenoxy) is 1. The molecule has 0 saturated carbocycles. The van der Waals surface area contributed by atoms with Crippen molar-refractivity contribution in [2.24, 2.45) is 0 Å². The van der Waals surface area contributed by atoms with Gasteiger partial charge < -0.3 is 20.3 Å².